The van der Waals surface area contributed by atoms with E-state index in [4.69, 9.17) is 4.74 Å². The van der Waals surface area contributed by atoms with Gasteiger partial charge in [-0.15, -0.1) is 5.10 Å². The number of anilines is 1. The Morgan fingerprint density at radius 3 is 2.74 bits per heavy atom. The molecule has 0 radical (unpaired) electrons. The Morgan fingerprint density at radius 2 is 2.03 bits per heavy atom. The van der Waals surface area contributed by atoms with E-state index in [2.05, 4.69) is 32.3 Å². The van der Waals surface area contributed by atoms with Gasteiger partial charge in [-0.3, -0.25) is 14.7 Å². The number of nitrogens with zero attached hydrogens (tertiary/aromatic N) is 3. The van der Waals surface area contributed by atoms with Crippen molar-refractivity contribution in [3.05, 3.63) is 70.8 Å². The second-order valence-electron chi connectivity index (χ2n) is 8.99. The molecule has 0 aliphatic carbocycles. The Balaban J connectivity index is 1.45. The normalized spacial score (nSPS) is 15.4. The highest BCUT2D eigenvalue weighted by atomic mass is 16.5. The van der Waals surface area contributed by atoms with Crippen molar-refractivity contribution in [1.82, 2.24) is 20.5 Å². The molecule has 0 saturated carbocycles. The minimum atomic E-state index is -1.14. The summed E-state index contributed by atoms with van der Waals surface area (Å²) < 4.78 is 5.81. The highest BCUT2D eigenvalue weighted by Gasteiger charge is 2.31. The first-order chi connectivity index (χ1) is 16.6. The number of carbonyl (C=O) groups is 2. The molecule has 9 heteroatoms. The molecule has 0 bridgehead atoms. The van der Waals surface area contributed by atoms with Crippen molar-refractivity contribution < 1.29 is 19.4 Å². The third-order valence-electron chi connectivity index (χ3n) is 5.40. The fourth-order valence-electron chi connectivity index (χ4n) is 3.50. The van der Waals surface area contributed by atoms with Gasteiger partial charge in [-0.1, -0.05) is 41.7 Å². The van der Waals surface area contributed by atoms with Crippen LogP contribution in [0.5, 0.6) is 5.75 Å². The first kappa shape index (κ1) is 24.0. The van der Waals surface area contributed by atoms with E-state index in [1.165, 1.54) is 4.90 Å². The summed E-state index contributed by atoms with van der Waals surface area (Å²) in [6, 6.07) is 12.3. The standard InChI is InChI=1S/C26H27N5O4/c1-16-5-7-17(8-6-16)14-22-28-23(30-29-22)24(32)27-19-15-35-21-10-9-18(11-12-26(2,3)34)13-20(21)31(4)25(19)33/h5-10,13,19,34H,14-15H2,1-4H3,(H,27,32)(H,28,29,30). The molecule has 3 aromatic rings. The molecule has 1 atom stereocenters. The molecule has 1 aromatic heterocycles. The molecule has 180 valence electrons. The van der Waals surface area contributed by atoms with Crippen LogP contribution in [0, 0.1) is 18.8 Å². The maximum Gasteiger partial charge on any atom is 0.291 e. The predicted molar refractivity (Wildman–Crippen MR) is 130 cm³/mol. The third-order valence-corrected chi connectivity index (χ3v) is 5.40. The van der Waals surface area contributed by atoms with Gasteiger partial charge < -0.3 is 20.1 Å². The van der Waals surface area contributed by atoms with Crippen molar-refractivity contribution in [2.24, 2.45) is 0 Å². The van der Waals surface area contributed by atoms with Crippen LogP contribution in [0.15, 0.2) is 42.5 Å². The molecule has 0 fully saturated rings. The number of amides is 2. The lowest BCUT2D eigenvalue weighted by molar-refractivity contribution is -0.120. The second kappa shape index (κ2) is 9.60. The topological polar surface area (TPSA) is 120 Å². The second-order valence-corrected chi connectivity index (χ2v) is 8.99. The molecule has 2 heterocycles. The number of carbonyl (C=O) groups excluding carboxylic acids is 2. The van der Waals surface area contributed by atoms with Crippen molar-refractivity contribution in [2.75, 3.05) is 18.6 Å². The predicted octanol–water partition coefficient (Wildman–Crippen LogP) is 1.98. The number of aromatic amines is 1. The van der Waals surface area contributed by atoms with E-state index < -0.39 is 17.6 Å². The number of likely N-dealkylation sites (N-methyl/N-ethyl adjacent to an activating group) is 1. The maximum atomic E-state index is 13.1. The number of hydrogen-bond acceptors (Lipinski definition) is 6. The van der Waals surface area contributed by atoms with Crippen LogP contribution in [0.25, 0.3) is 0 Å². The van der Waals surface area contributed by atoms with Crippen LogP contribution in [0.4, 0.5) is 5.69 Å². The summed E-state index contributed by atoms with van der Waals surface area (Å²) in [5.74, 6) is 5.71. The van der Waals surface area contributed by atoms with Gasteiger partial charge in [-0.05, 0) is 44.5 Å². The number of nitrogens with one attached hydrogen (secondary N) is 2. The van der Waals surface area contributed by atoms with E-state index in [1.54, 1.807) is 39.1 Å². The van der Waals surface area contributed by atoms with Crippen LogP contribution in [-0.4, -0.2) is 57.4 Å². The number of rotatable bonds is 4. The SMILES string of the molecule is Cc1ccc(Cc2nc(C(=O)NC3COc4ccc(C#CC(C)(C)O)cc4N(C)C3=O)n[nH]2)cc1. The molecule has 1 aliphatic rings. The molecule has 3 N–H and O–H groups in total. The van der Waals surface area contributed by atoms with Gasteiger partial charge >= 0.3 is 0 Å². The van der Waals surface area contributed by atoms with E-state index in [9.17, 15) is 14.7 Å². The molecular weight excluding hydrogens is 446 g/mol. The molecule has 9 nitrogen and oxygen atoms in total. The summed E-state index contributed by atoms with van der Waals surface area (Å²) in [6.45, 7) is 5.15. The minimum Gasteiger partial charge on any atom is -0.489 e. The van der Waals surface area contributed by atoms with Crippen LogP contribution in [0.2, 0.25) is 0 Å². The minimum absolute atomic E-state index is 0.0444. The Bertz CT molecular complexity index is 1310. The monoisotopic (exact) mass is 473 g/mol. The lowest BCUT2D eigenvalue weighted by Gasteiger charge is -2.20. The molecule has 0 saturated heterocycles. The van der Waals surface area contributed by atoms with Gasteiger partial charge in [0.05, 0.1) is 5.69 Å². The summed E-state index contributed by atoms with van der Waals surface area (Å²) in [5, 5.41) is 19.3. The maximum absolute atomic E-state index is 13.1. The van der Waals surface area contributed by atoms with Gasteiger partial charge in [-0.2, -0.15) is 0 Å². The number of hydrogen-bond donors (Lipinski definition) is 3. The van der Waals surface area contributed by atoms with Crippen LogP contribution in [0.1, 0.15) is 47.0 Å². The van der Waals surface area contributed by atoms with Gasteiger partial charge in [0.15, 0.2) is 0 Å². The fourth-order valence-corrected chi connectivity index (χ4v) is 3.50. The molecule has 4 rings (SSSR count). The zero-order chi connectivity index (χ0) is 25.2. The Hall–Kier alpha value is -4.16. The zero-order valence-electron chi connectivity index (χ0n) is 20.0. The van der Waals surface area contributed by atoms with Crippen molar-refractivity contribution in [2.45, 2.75) is 38.8 Å². The summed E-state index contributed by atoms with van der Waals surface area (Å²) in [4.78, 5) is 31.5. The molecular formula is C26H27N5O4. The van der Waals surface area contributed by atoms with Gasteiger partial charge in [0.25, 0.3) is 11.8 Å². The number of H-pyrrole nitrogens is 1. The highest BCUT2D eigenvalue weighted by molar-refractivity contribution is 6.02. The smallest absolute Gasteiger partial charge is 0.291 e. The van der Waals surface area contributed by atoms with Crippen LogP contribution in [-0.2, 0) is 11.2 Å². The van der Waals surface area contributed by atoms with Gasteiger partial charge in [-0.25, -0.2) is 4.98 Å². The summed E-state index contributed by atoms with van der Waals surface area (Å²) in [5.41, 5.74) is 2.20. The van der Waals surface area contributed by atoms with E-state index in [1.807, 2.05) is 31.2 Å². The number of aryl methyl sites for hydroxylation is 1. The van der Waals surface area contributed by atoms with Crippen LogP contribution in [0.3, 0.4) is 0 Å². The number of ether oxygens (including phenoxy) is 1. The van der Waals surface area contributed by atoms with E-state index in [0.717, 1.165) is 11.1 Å². The molecule has 1 unspecified atom stereocenters. The lowest BCUT2D eigenvalue weighted by atomic mass is 10.1. The Kier molecular flexibility index (Phi) is 6.58. The van der Waals surface area contributed by atoms with Crippen molar-refractivity contribution in [3.8, 4) is 17.6 Å². The zero-order valence-corrected chi connectivity index (χ0v) is 20.0. The van der Waals surface area contributed by atoms with E-state index >= 15 is 0 Å². The third kappa shape index (κ3) is 5.86. The highest BCUT2D eigenvalue weighted by Crippen LogP contribution is 2.31. The average Bonchev–Trinajstić information content (AvgIpc) is 3.25. The summed E-state index contributed by atoms with van der Waals surface area (Å²) >= 11 is 0. The molecule has 2 aromatic carbocycles. The fraction of sp³-hybridized carbons (Fsp3) is 0.308. The molecule has 2 amide bonds. The Labute approximate surface area is 203 Å². The largest absolute Gasteiger partial charge is 0.489 e. The van der Waals surface area contributed by atoms with E-state index in [0.29, 0.717) is 29.2 Å². The van der Waals surface area contributed by atoms with Crippen molar-refractivity contribution >= 4 is 17.5 Å². The molecule has 35 heavy (non-hydrogen) atoms. The summed E-state index contributed by atoms with van der Waals surface area (Å²) in [6.07, 6.45) is 0.503. The average molecular weight is 474 g/mol. The van der Waals surface area contributed by atoms with Crippen LogP contribution < -0.4 is 15.0 Å². The number of benzene rings is 2. The van der Waals surface area contributed by atoms with Gasteiger partial charge in [0.2, 0.25) is 5.82 Å². The lowest BCUT2D eigenvalue weighted by Crippen LogP contribution is -2.49. The number of aromatic nitrogens is 3. The van der Waals surface area contributed by atoms with E-state index in [-0.39, 0.29) is 18.3 Å². The number of aliphatic hydroxyl groups is 1. The first-order valence-corrected chi connectivity index (χ1v) is 11.2. The quantitative estimate of drug-likeness (QED) is 0.499. The van der Waals surface area contributed by atoms with Crippen molar-refractivity contribution in [3.63, 3.8) is 0 Å². The number of fused-ring (bicyclic) bond motifs is 1. The first-order valence-electron chi connectivity index (χ1n) is 11.2. The Morgan fingerprint density at radius 1 is 1.29 bits per heavy atom. The van der Waals surface area contributed by atoms with Gasteiger partial charge in [0, 0.05) is 19.0 Å². The van der Waals surface area contributed by atoms with Crippen LogP contribution >= 0.6 is 0 Å². The van der Waals surface area contributed by atoms with Gasteiger partial charge in [0.1, 0.15) is 29.8 Å². The summed E-state index contributed by atoms with van der Waals surface area (Å²) in [7, 11) is 1.61. The molecule has 1 aliphatic heterocycles. The molecule has 0 spiro atoms. The van der Waals surface area contributed by atoms with Crippen molar-refractivity contribution in [1.29, 1.82) is 0 Å².